The Bertz CT molecular complexity index is 2220. The van der Waals surface area contributed by atoms with Gasteiger partial charge in [0, 0.05) is 34.1 Å². The molecule has 0 aliphatic rings. The molecule has 0 aliphatic heterocycles. The Kier molecular flexibility index (Phi) is 12.2. The lowest BCUT2D eigenvalue weighted by molar-refractivity contribution is 0.255. The molecule has 0 aromatic heterocycles. The van der Waals surface area contributed by atoms with Gasteiger partial charge < -0.3 is 31.9 Å². The van der Waals surface area contributed by atoms with E-state index in [1.165, 1.54) is 61.5 Å². The third-order valence-electron chi connectivity index (χ3n) is 7.15. The third-order valence-corrected chi connectivity index (χ3v) is 10.2. The van der Waals surface area contributed by atoms with Gasteiger partial charge in [-0.15, -0.1) is 0 Å². The quantitative estimate of drug-likeness (QED) is 0.0704. The number of thiocarbonyl (C=S) groups is 2. The maximum Gasteiger partial charge on any atom is 0.333 e. The normalized spacial score (nSPS) is 11.0. The highest BCUT2D eigenvalue weighted by Crippen LogP contribution is 2.24. The number of amides is 4. The zero-order chi connectivity index (χ0) is 38.0. The average molecular weight is 789 g/mol. The minimum atomic E-state index is -4.34. The molecule has 0 heterocycles. The SMILES string of the molecule is Cc1c(NC(=O)NS(=O)(=O)c2cccc(NC(=S)Nc3ccccc3)c2)cccc1NC(=O)NS(=O)(=O)c1cccc(NC(=S)Nc2ccccc2)c1. The minimum absolute atomic E-state index is 0.143. The number of urea groups is 2. The first-order valence-electron chi connectivity index (χ1n) is 15.5. The van der Waals surface area contributed by atoms with Gasteiger partial charge in [0.25, 0.3) is 20.0 Å². The molecule has 5 rings (SSSR count). The molecule has 0 aliphatic carbocycles. The second-order valence-corrected chi connectivity index (χ2v) is 15.2. The van der Waals surface area contributed by atoms with Crippen LogP contribution in [0.2, 0.25) is 0 Å². The smallest absolute Gasteiger partial charge is 0.332 e. The third kappa shape index (κ3) is 11.0. The highest BCUT2D eigenvalue weighted by Gasteiger charge is 2.21. The second-order valence-electron chi connectivity index (χ2n) is 11.0. The van der Waals surface area contributed by atoms with Crippen molar-refractivity contribution in [2.75, 3.05) is 31.9 Å². The van der Waals surface area contributed by atoms with Gasteiger partial charge in [0.15, 0.2) is 10.2 Å². The van der Waals surface area contributed by atoms with Crippen LogP contribution in [0.25, 0.3) is 0 Å². The lowest BCUT2D eigenvalue weighted by Gasteiger charge is -2.15. The molecule has 8 N–H and O–H groups in total. The number of anilines is 6. The van der Waals surface area contributed by atoms with Crippen molar-refractivity contribution >= 4 is 101 Å². The maximum absolute atomic E-state index is 13.1. The zero-order valence-electron chi connectivity index (χ0n) is 27.7. The van der Waals surface area contributed by atoms with E-state index >= 15 is 0 Å². The maximum atomic E-state index is 13.1. The van der Waals surface area contributed by atoms with Gasteiger partial charge in [-0.25, -0.2) is 35.9 Å². The molecule has 0 saturated heterocycles. The van der Waals surface area contributed by atoms with Gasteiger partial charge in [-0.05, 0) is 110 Å². The number of benzene rings is 5. The van der Waals surface area contributed by atoms with Crippen molar-refractivity contribution in [2.24, 2.45) is 0 Å². The van der Waals surface area contributed by atoms with Crippen molar-refractivity contribution in [2.45, 2.75) is 16.7 Å². The summed E-state index contributed by atoms with van der Waals surface area (Å²) in [5, 5.41) is 17.1. The van der Waals surface area contributed by atoms with E-state index in [-0.39, 0.29) is 31.4 Å². The molecule has 18 heteroatoms. The van der Waals surface area contributed by atoms with Gasteiger partial charge in [0.2, 0.25) is 0 Å². The summed E-state index contributed by atoms with van der Waals surface area (Å²) in [5.74, 6) is 0. The largest absolute Gasteiger partial charge is 0.333 e. The van der Waals surface area contributed by atoms with Crippen LogP contribution in [0.3, 0.4) is 0 Å². The van der Waals surface area contributed by atoms with Gasteiger partial charge in [-0.3, -0.25) is 0 Å². The first-order chi connectivity index (χ1) is 25.3. The predicted molar refractivity (Wildman–Crippen MR) is 215 cm³/mol. The van der Waals surface area contributed by atoms with Crippen LogP contribution < -0.4 is 41.3 Å². The molecular formula is C35H32N8O6S4. The summed E-state index contributed by atoms with van der Waals surface area (Å²) in [6.45, 7) is 1.54. The van der Waals surface area contributed by atoms with E-state index in [0.29, 0.717) is 16.9 Å². The molecule has 0 bridgehead atoms. The Labute approximate surface area is 316 Å². The van der Waals surface area contributed by atoms with Crippen LogP contribution in [0.15, 0.2) is 137 Å². The molecule has 53 heavy (non-hydrogen) atoms. The number of carbonyl (C=O) groups excluding carboxylic acids is 2. The van der Waals surface area contributed by atoms with Crippen molar-refractivity contribution < 1.29 is 26.4 Å². The lowest BCUT2D eigenvalue weighted by Crippen LogP contribution is -2.35. The highest BCUT2D eigenvalue weighted by molar-refractivity contribution is 7.90. The fourth-order valence-corrected chi connectivity index (χ4v) is 7.05. The fourth-order valence-electron chi connectivity index (χ4n) is 4.68. The molecule has 5 aromatic rings. The number of para-hydroxylation sites is 2. The fraction of sp³-hybridized carbons (Fsp3) is 0.0286. The number of carbonyl (C=O) groups is 2. The summed E-state index contributed by atoms with van der Waals surface area (Å²) < 4.78 is 56.2. The number of hydrogen-bond acceptors (Lipinski definition) is 8. The molecule has 0 saturated carbocycles. The van der Waals surface area contributed by atoms with Crippen LogP contribution in [-0.2, 0) is 20.0 Å². The summed E-state index contributed by atoms with van der Waals surface area (Å²) in [7, 11) is -8.67. The summed E-state index contributed by atoms with van der Waals surface area (Å²) in [6.07, 6.45) is 0. The van der Waals surface area contributed by atoms with Crippen LogP contribution in [0.5, 0.6) is 0 Å². The Balaban J connectivity index is 1.17. The van der Waals surface area contributed by atoms with E-state index in [2.05, 4.69) is 31.9 Å². The van der Waals surface area contributed by atoms with Crippen LogP contribution in [0.1, 0.15) is 5.56 Å². The lowest BCUT2D eigenvalue weighted by atomic mass is 10.1. The van der Waals surface area contributed by atoms with E-state index in [0.717, 1.165) is 11.4 Å². The molecule has 14 nitrogen and oxygen atoms in total. The van der Waals surface area contributed by atoms with E-state index in [1.54, 1.807) is 12.1 Å². The van der Waals surface area contributed by atoms with Gasteiger partial charge in [-0.1, -0.05) is 54.6 Å². The van der Waals surface area contributed by atoms with Crippen LogP contribution in [0, 0.1) is 6.92 Å². The van der Waals surface area contributed by atoms with Crippen LogP contribution in [0.4, 0.5) is 43.7 Å². The zero-order valence-corrected chi connectivity index (χ0v) is 31.0. The number of sulfonamides is 2. The predicted octanol–water partition coefficient (Wildman–Crippen LogP) is 6.63. The highest BCUT2D eigenvalue weighted by atomic mass is 32.2. The summed E-state index contributed by atoms with van der Waals surface area (Å²) >= 11 is 10.6. The summed E-state index contributed by atoms with van der Waals surface area (Å²) in [5.41, 5.74) is 2.79. The molecule has 0 spiro atoms. The molecule has 0 atom stereocenters. The summed E-state index contributed by atoms with van der Waals surface area (Å²) in [4.78, 5) is 25.3. The summed E-state index contributed by atoms with van der Waals surface area (Å²) in [6, 6.07) is 32.0. The topological polar surface area (TPSA) is 199 Å². The molecule has 4 amide bonds. The molecule has 272 valence electrons. The van der Waals surface area contributed by atoms with Gasteiger partial charge in [0.1, 0.15) is 0 Å². The molecule has 0 unspecified atom stereocenters. The van der Waals surface area contributed by atoms with Crippen molar-refractivity contribution in [1.82, 2.24) is 9.44 Å². The Morgan fingerprint density at radius 2 is 0.792 bits per heavy atom. The number of nitrogens with one attached hydrogen (secondary N) is 8. The Morgan fingerprint density at radius 3 is 1.19 bits per heavy atom. The van der Waals surface area contributed by atoms with Gasteiger partial charge in [0.05, 0.1) is 9.79 Å². The molecule has 0 radical (unpaired) electrons. The molecule has 5 aromatic carbocycles. The monoisotopic (exact) mass is 788 g/mol. The standard InChI is InChI=1S/C35H32N8O6S4/c1-23-30(40-32(44)42-52(46,47)28-17-8-15-26(21-28)38-34(50)36-24-11-4-2-5-12-24)19-10-20-31(23)41-33(45)43-53(48,49)29-18-9-16-27(22-29)39-35(51)37-25-13-6-3-7-14-25/h2-22H,1H3,(H2,36,38,50)(H2,37,39,51)(H2,40,42,44)(H2,41,43,45). The van der Waals surface area contributed by atoms with E-state index in [9.17, 15) is 26.4 Å². The van der Waals surface area contributed by atoms with Crippen LogP contribution in [-0.4, -0.2) is 39.1 Å². The van der Waals surface area contributed by atoms with Crippen molar-refractivity contribution in [3.8, 4) is 0 Å². The Morgan fingerprint density at radius 1 is 0.453 bits per heavy atom. The molecule has 0 fully saturated rings. The number of rotatable bonds is 10. The van der Waals surface area contributed by atoms with Crippen molar-refractivity contribution in [1.29, 1.82) is 0 Å². The second kappa shape index (κ2) is 17.0. The van der Waals surface area contributed by atoms with Gasteiger partial charge >= 0.3 is 12.1 Å². The Hall–Kier alpha value is -6.08. The average Bonchev–Trinajstić information content (AvgIpc) is 3.10. The van der Waals surface area contributed by atoms with E-state index in [1.807, 2.05) is 70.1 Å². The van der Waals surface area contributed by atoms with Crippen molar-refractivity contribution in [3.05, 3.63) is 133 Å². The van der Waals surface area contributed by atoms with Gasteiger partial charge in [-0.2, -0.15) is 0 Å². The van der Waals surface area contributed by atoms with E-state index in [4.69, 9.17) is 24.4 Å². The van der Waals surface area contributed by atoms with Crippen LogP contribution >= 0.6 is 24.4 Å². The van der Waals surface area contributed by atoms with Crippen molar-refractivity contribution in [3.63, 3.8) is 0 Å². The first-order valence-corrected chi connectivity index (χ1v) is 19.3. The first kappa shape index (κ1) is 38.2. The minimum Gasteiger partial charge on any atom is -0.332 e. The van der Waals surface area contributed by atoms with E-state index < -0.39 is 32.1 Å². The number of hydrogen-bond donors (Lipinski definition) is 8. The molecular weight excluding hydrogens is 757 g/mol.